The molecule has 2 heterocycles. The van der Waals surface area contributed by atoms with E-state index in [1.165, 1.54) is 0 Å². The van der Waals surface area contributed by atoms with E-state index in [2.05, 4.69) is 21.2 Å². The summed E-state index contributed by atoms with van der Waals surface area (Å²) in [5.74, 6) is -1.81. The highest BCUT2D eigenvalue weighted by Gasteiger charge is 2.41. The van der Waals surface area contributed by atoms with Crippen molar-refractivity contribution >= 4 is 27.7 Å². The zero-order valence-corrected chi connectivity index (χ0v) is 14.0. The molecule has 0 aliphatic carbocycles. The highest BCUT2D eigenvalue weighted by molar-refractivity contribution is 9.10. The summed E-state index contributed by atoms with van der Waals surface area (Å²) in [6.45, 7) is 1.86. The molecule has 0 aromatic heterocycles. The maximum absolute atomic E-state index is 12.2. The molecule has 1 aromatic rings. The van der Waals surface area contributed by atoms with Crippen LogP contribution in [0.4, 0.5) is 13.2 Å². The van der Waals surface area contributed by atoms with Crippen molar-refractivity contribution in [1.82, 2.24) is 5.32 Å². The molecular formula is C15H15BrF3NO4. The Morgan fingerprint density at radius 3 is 2.42 bits per heavy atom. The van der Waals surface area contributed by atoms with Crippen molar-refractivity contribution in [2.24, 2.45) is 0 Å². The number of halogens is 4. The number of hydrogen-bond donors (Lipinski definition) is 2. The molecule has 0 atom stereocenters. The molecule has 24 heavy (non-hydrogen) atoms. The standard InChI is InChI=1S/C13H14BrNO2.C2HF3O2/c14-9-1-2-12-10(7-9)11(16)8-13(17-12)3-5-15-6-4-13;3-2(4,5)1(6)7/h1-2,7,15H,3-6,8H2;(H,6,7). The molecule has 132 valence electrons. The molecule has 3 rings (SSSR count). The van der Waals surface area contributed by atoms with Gasteiger partial charge in [0.05, 0.1) is 12.0 Å². The number of carbonyl (C=O) groups is 2. The number of carbonyl (C=O) groups excluding carboxylic acids is 1. The SMILES string of the molecule is O=C(O)C(F)(F)F.O=C1CC2(CCNCC2)Oc2ccc(Br)cc21. The normalized spacial score (nSPS) is 18.9. The Kier molecular flexibility index (Phi) is 5.54. The lowest BCUT2D eigenvalue weighted by Gasteiger charge is -2.40. The van der Waals surface area contributed by atoms with Crippen molar-refractivity contribution in [3.63, 3.8) is 0 Å². The molecule has 2 aliphatic rings. The maximum atomic E-state index is 12.2. The average Bonchev–Trinajstić information content (AvgIpc) is 2.49. The molecule has 5 nitrogen and oxygen atoms in total. The number of carboxylic acid groups (broad SMARTS) is 1. The quantitative estimate of drug-likeness (QED) is 0.688. The largest absolute Gasteiger partial charge is 0.490 e. The minimum Gasteiger partial charge on any atom is -0.486 e. The van der Waals surface area contributed by atoms with E-state index in [9.17, 15) is 18.0 Å². The number of aliphatic carboxylic acids is 1. The van der Waals surface area contributed by atoms with Crippen LogP contribution in [0.25, 0.3) is 0 Å². The van der Waals surface area contributed by atoms with Gasteiger partial charge in [0.1, 0.15) is 11.4 Å². The summed E-state index contributed by atoms with van der Waals surface area (Å²) in [5.41, 5.74) is 0.451. The van der Waals surface area contributed by atoms with Gasteiger partial charge in [-0.15, -0.1) is 0 Å². The van der Waals surface area contributed by atoms with Crippen LogP contribution >= 0.6 is 15.9 Å². The molecule has 1 fully saturated rings. The smallest absolute Gasteiger partial charge is 0.486 e. The number of benzene rings is 1. The van der Waals surface area contributed by atoms with Crippen molar-refractivity contribution in [3.05, 3.63) is 28.2 Å². The van der Waals surface area contributed by atoms with E-state index < -0.39 is 12.1 Å². The van der Waals surface area contributed by atoms with Gasteiger partial charge in [-0.2, -0.15) is 13.2 Å². The van der Waals surface area contributed by atoms with Crippen LogP contribution in [0, 0.1) is 0 Å². The van der Waals surface area contributed by atoms with Gasteiger partial charge in [0, 0.05) is 17.3 Å². The van der Waals surface area contributed by atoms with Crippen LogP contribution in [0.3, 0.4) is 0 Å². The first-order valence-corrected chi connectivity index (χ1v) is 7.95. The zero-order chi connectivity index (χ0) is 18.0. The zero-order valence-electron chi connectivity index (χ0n) is 12.5. The number of hydrogen-bond acceptors (Lipinski definition) is 4. The number of Topliss-reactive ketones (excluding diaryl/α,β-unsaturated/α-hetero) is 1. The third-order valence-corrected chi connectivity index (χ3v) is 4.30. The Hall–Kier alpha value is -1.61. The first-order valence-electron chi connectivity index (χ1n) is 7.16. The lowest BCUT2D eigenvalue weighted by atomic mass is 9.83. The Bertz CT molecular complexity index is 642. The van der Waals surface area contributed by atoms with Crippen molar-refractivity contribution < 1.29 is 32.6 Å². The Labute approximate surface area is 144 Å². The predicted octanol–water partition coefficient (Wildman–Crippen LogP) is 3.17. The van der Waals surface area contributed by atoms with Gasteiger partial charge in [-0.3, -0.25) is 4.79 Å². The highest BCUT2D eigenvalue weighted by atomic mass is 79.9. The second-order valence-corrected chi connectivity index (χ2v) is 6.49. The number of alkyl halides is 3. The van der Waals surface area contributed by atoms with Crippen molar-refractivity contribution in [1.29, 1.82) is 0 Å². The fraction of sp³-hybridized carbons (Fsp3) is 0.467. The number of fused-ring (bicyclic) bond motifs is 1. The first-order chi connectivity index (χ1) is 11.1. The molecule has 0 unspecified atom stereocenters. The molecule has 0 radical (unpaired) electrons. The van der Waals surface area contributed by atoms with Crippen molar-refractivity contribution in [2.45, 2.75) is 31.0 Å². The average molecular weight is 410 g/mol. The number of nitrogens with one attached hydrogen (secondary N) is 1. The van der Waals surface area contributed by atoms with Gasteiger partial charge in [0.25, 0.3) is 0 Å². The molecule has 1 spiro atoms. The van der Waals surface area contributed by atoms with Crippen molar-refractivity contribution in [2.75, 3.05) is 13.1 Å². The number of piperidine rings is 1. The molecule has 1 aromatic carbocycles. The Morgan fingerprint density at radius 2 is 1.88 bits per heavy atom. The lowest BCUT2D eigenvalue weighted by molar-refractivity contribution is -0.192. The molecular weight excluding hydrogens is 395 g/mol. The minimum atomic E-state index is -5.08. The molecule has 1 saturated heterocycles. The van der Waals surface area contributed by atoms with Gasteiger partial charge in [-0.1, -0.05) is 15.9 Å². The third-order valence-electron chi connectivity index (χ3n) is 3.81. The van der Waals surface area contributed by atoms with E-state index in [1.807, 2.05) is 18.2 Å². The van der Waals surface area contributed by atoms with E-state index in [1.54, 1.807) is 0 Å². The van der Waals surface area contributed by atoms with Gasteiger partial charge in [0.15, 0.2) is 5.78 Å². The number of rotatable bonds is 0. The van der Waals surface area contributed by atoms with E-state index in [4.69, 9.17) is 14.6 Å². The van der Waals surface area contributed by atoms with Gasteiger partial charge in [0.2, 0.25) is 0 Å². The number of ether oxygens (including phenoxy) is 1. The molecule has 0 amide bonds. The molecule has 0 bridgehead atoms. The van der Waals surface area contributed by atoms with Crippen LogP contribution in [-0.2, 0) is 4.79 Å². The molecule has 0 saturated carbocycles. The molecule has 2 aliphatic heterocycles. The number of ketones is 1. The Morgan fingerprint density at radius 1 is 1.29 bits per heavy atom. The summed E-state index contributed by atoms with van der Waals surface area (Å²) in [5, 5.41) is 10.4. The van der Waals surface area contributed by atoms with Crippen LogP contribution in [0.2, 0.25) is 0 Å². The third kappa shape index (κ3) is 4.47. The van der Waals surface area contributed by atoms with Gasteiger partial charge >= 0.3 is 12.1 Å². The van der Waals surface area contributed by atoms with Gasteiger partial charge in [-0.25, -0.2) is 4.79 Å². The van der Waals surface area contributed by atoms with E-state index >= 15 is 0 Å². The van der Waals surface area contributed by atoms with E-state index in [0.29, 0.717) is 12.0 Å². The predicted molar refractivity (Wildman–Crippen MR) is 82.2 cm³/mol. The second-order valence-electron chi connectivity index (χ2n) is 5.58. The summed E-state index contributed by atoms with van der Waals surface area (Å²) in [4.78, 5) is 21.1. The van der Waals surface area contributed by atoms with Crippen LogP contribution in [0.1, 0.15) is 29.6 Å². The maximum Gasteiger partial charge on any atom is 0.490 e. The minimum absolute atomic E-state index is 0.203. The van der Waals surface area contributed by atoms with Crippen LogP contribution in [0.5, 0.6) is 5.75 Å². The highest BCUT2D eigenvalue weighted by Crippen LogP contribution is 2.38. The second kappa shape index (κ2) is 7.10. The Balaban J connectivity index is 0.000000256. The summed E-state index contributed by atoms with van der Waals surface area (Å²) < 4.78 is 38.8. The van der Waals surface area contributed by atoms with Crippen LogP contribution in [-0.4, -0.2) is 41.7 Å². The molecule has 9 heteroatoms. The number of carboxylic acids is 1. The molecule has 2 N–H and O–H groups in total. The van der Waals surface area contributed by atoms with E-state index in [0.717, 1.165) is 36.2 Å². The lowest BCUT2D eigenvalue weighted by Crippen LogP contribution is -2.49. The van der Waals surface area contributed by atoms with Crippen LogP contribution in [0.15, 0.2) is 22.7 Å². The summed E-state index contributed by atoms with van der Waals surface area (Å²) >= 11 is 3.39. The van der Waals surface area contributed by atoms with E-state index in [-0.39, 0.29) is 11.4 Å². The van der Waals surface area contributed by atoms with Crippen LogP contribution < -0.4 is 10.1 Å². The topological polar surface area (TPSA) is 75.6 Å². The fourth-order valence-corrected chi connectivity index (χ4v) is 2.99. The first kappa shape index (κ1) is 18.7. The van der Waals surface area contributed by atoms with Gasteiger partial charge < -0.3 is 15.2 Å². The van der Waals surface area contributed by atoms with Gasteiger partial charge in [-0.05, 0) is 31.3 Å². The summed E-state index contributed by atoms with van der Waals surface area (Å²) in [6, 6.07) is 5.66. The fourth-order valence-electron chi connectivity index (χ4n) is 2.63. The summed E-state index contributed by atoms with van der Waals surface area (Å²) in [7, 11) is 0. The monoisotopic (exact) mass is 409 g/mol. The van der Waals surface area contributed by atoms with Crippen molar-refractivity contribution in [3.8, 4) is 5.75 Å². The summed E-state index contributed by atoms with van der Waals surface area (Å²) in [6.07, 6.45) is -2.75.